The molecule has 0 bridgehead atoms. The highest BCUT2D eigenvalue weighted by Gasteiger charge is 2.73. The molecule has 0 aromatic rings. The van der Waals surface area contributed by atoms with E-state index in [1.165, 1.54) is 51.4 Å². The van der Waals surface area contributed by atoms with Crippen LogP contribution in [0.4, 0.5) is 0 Å². The van der Waals surface area contributed by atoms with Crippen LogP contribution in [0.25, 0.3) is 0 Å². The van der Waals surface area contributed by atoms with Crippen molar-refractivity contribution in [2.24, 2.45) is 10.8 Å². The lowest BCUT2D eigenvalue weighted by Gasteiger charge is -2.30. The average Bonchev–Trinajstić information content (AvgIpc) is 2.97. The van der Waals surface area contributed by atoms with Crippen molar-refractivity contribution in [1.82, 2.24) is 0 Å². The van der Waals surface area contributed by atoms with Gasteiger partial charge in [-0.2, -0.15) is 0 Å². The minimum absolute atomic E-state index is 0.710. The van der Waals surface area contributed by atoms with Crippen LogP contribution in [0.1, 0.15) is 51.4 Å². The van der Waals surface area contributed by atoms with E-state index in [2.05, 4.69) is 31.9 Å². The van der Waals surface area contributed by atoms with Crippen LogP contribution < -0.4 is 0 Å². The van der Waals surface area contributed by atoms with E-state index in [9.17, 15) is 0 Å². The van der Waals surface area contributed by atoms with E-state index in [1.807, 2.05) is 0 Å². The Balaban J connectivity index is 1.84. The standard InChI is InChI=1S/C12H18Br2/c13-9-7-11(9)5-3-1-2-4-6-12(11)8-10(12)14/h9-10H,1-8H2. The average molecular weight is 322 g/mol. The Bertz CT molecular complexity index is 227. The van der Waals surface area contributed by atoms with Gasteiger partial charge in [0.1, 0.15) is 0 Å². The molecule has 0 nitrogen and oxygen atoms in total. The summed E-state index contributed by atoms with van der Waals surface area (Å²) in [5.74, 6) is 0. The van der Waals surface area contributed by atoms with Gasteiger partial charge in [0.25, 0.3) is 0 Å². The van der Waals surface area contributed by atoms with E-state index in [1.54, 1.807) is 0 Å². The first-order chi connectivity index (χ1) is 6.71. The van der Waals surface area contributed by atoms with Gasteiger partial charge in [0, 0.05) is 9.65 Å². The summed E-state index contributed by atoms with van der Waals surface area (Å²) in [6, 6.07) is 0. The van der Waals surface area contributed by atoms with Crippen molar-refractivity contribution in [3.05, 3.63) is 0 Å². The molecule has 4 unspecified atom stereocenters. The number of alkyl halides is 2. The summed E-state index contributed by atoms with van der Waals surface area (Å²) in [5.41, 5.74) is 1.42. The van der Waals surface area contributed by atoms with Crippen molar-refractivity contribution in [1.29, 1.82) is 0 Å². The Hall–Kier alpha value is 0.960. The van der Waals surface area contributed by atoms with Gasteiger partial charge >= 0.3 is 0 Å². The lowest BCUT2D eigenvalue weighted by molar-refractivity contribution is 0.219. The lowest BCUT2D eigenvalue weighted by Crippen LogP contribution is -2.24. The fourth-order valence-corrected chi connectivity index (χ4v) is 6.33. The molecule has 80 valence electrons. The smallest absolute Gasteiger partial charge is 0.0214 e. The summed E-state index contributed by atoms with van der Waals surface area (Å²) in [6.07, 6.45) is 11.8. The first-order valence-electron chi connectivity index (χ1n) is 5.99. The molecule has 2 spiro atoms. The predicted molar refractivity (Wildman–Crippen MR) is 67.2 cm³/mol. The molecular weight excluding hydrogens is 304 g/mol. The van der Waals surface area contributed by atoms with Gasteiger partial charge < -0.3 is 0 Å². The number of rotatable bonds is 0. The summed E-state index contributed by atoms with van der Waals surface area (Å²) >= 11 is 7.77. The molecule has 14 heavy (non-hydrogen) atoms. The third-order valence-electron chi connectivity index (χ3n) is 4.95. The summed E-state index contributed by atoms with van der Waals surface area (Å²) in [7, 11) is 0. The number of hydrogen-bond donors (Lipinski definition) is 0. The van der Waals surface area contributed by atoms with Gasteiger partial charge in [-0.1, -0.05) is 57.5 Å². The molecule has 0 N–H and O–H groups in total. The highest BCUT2D eigenvalue weighted by molar-refractivity contribution is 9.10. The van der Waals surface area contributed by atoms with Crippen molar-refractivity contribution < 1.29 is 0 Å². The molecule has 0 radical (unpaired) electrons. The van der Waals surface area contributed by atoms with Gasteiger partial charge in [-0.05, 0) is 36.5 Å². The zero-order chi connectivity index (χ0) is 9.81. The van der Waals surface area contributed by atoms with Crippen LogP contribution in [-0.4, -0.2) is 9.65 Å². The van der Waals surface area contributed by atoms with Gasteiger partial charge in [-0.25, -0.2) is 0 Å². The Labute approximate surface area is 103 Å². The maximum absolute atomic E-state index is 3.88. The fourth-order valence-electron chi connectivity index (χ4n) is 3.80. The van der Waals surface area contributed by atoms with Crippen LogP contribution in [0.15, 0.2) is 0 Å². The lowest BCUT2D eigenvalue weighted by atomic mass is 9.76. The zero-order valence-corrected chi connectivity index (χ0v) is 11.7. The topological polar surface area (TPSA) is 0 Å². The van der Waals surface area contributed by atoms with Crippen LogP contribution in [0.5, 0.6) is 0 Å². The van der Waals surface area contributed by atoms with Crippen LogP contribution in [0.3, 0.4) is 0 Å². The highest BCUT2D eigenvalue weighted by Crippen LogP contribution is 2.78. The largest absolute Gasteiger partial charge is 0.0884 e. The first kappa shape index (κ1) is 10.1. The van der Waals surface area contributed by atoms with Gasteiger partial charge in [-0.15, -0.1) is 0 Å². The van der Waals surface area contributed by atoms with Crippen molar-refractivity contribution in [2.75, 3.05) is 0 Å². The molecule has 0 aromatic carbocycles. The predicted octanol–water partition coefficient (Wildman–Crippen LogP) is 4.65. The van der Waals surface area contributed by atoms with Crippen LogP contribution in [0, 0.1) is 10.8 Å². The van der Waals surface area contributed by atoms with E-state index in [0.29, 0.717) is 10.8 Å². The molecule has 0 aromatic heterocycles. The van der Waals surface area contributed by atoms with Crippen molar-refractivity contribution in [3.8, 4) is 0 Å². The molecule has 3 aliphatic carbocycles. The highest BCUT2D eigenvalue weighted by atomic mass is 79.9. The summed E-state index contributed by atoms with van der Waals surface area (Å²) < 4.78 is 0. The second-order valence-corrected chi connectivity index (χ2v) is 7.78. The quantitative estimate of drug-likeness (QED) is 0.570. The molecule has 0 aliphatic heterocycles. The van der Waals surface area contributed by atoms with Gasteiger partial charge in [-0.3, -0.25) is 0 Å². The molecule has 3 aliphatic rings. The molecule has 0 amide bonds. The summed E-state index contributed by atoms with van der Waals surface area (Å²) in [5, 5.41) is 0. The maximum Gasteiger partial charge on any atom is 0.0214 e. The van der Waals surface area contributed by atoms with Gasteiger partial charge in [0.15, 0.2) is 0 Å². The number of hydrogen-bond acceptors (Lipinski definition) is 0. The Kier molecular flexibility index (Phi) is 2.34. The van der Waals surface area contributed by atoms with E-state index >= 15 is 0 Å². The normalized spacial score (nSPS) is 57.0. The molecule has 4 atom stereocenters. The van der Waals surface area contributed by atoms with Crippen molar-refractivity contribution >= 4 is 31.9 Å². The molecule has 3 saturated carbocycles. The summed E-state index contributed by atoms with van der Waals surface area (Å²) in [6.45, 7) is 0. The second kappa shape index (κ2) is 3.23. The van der Waals surface area contributed by atoms with E-state index in [4.69, 9.17) is 0 Å². The molecular formula is C12H18Br2. The molecule has 3 fully saturated rings. The molecule has 0 heterocycles. The van der Waals surface area contributed by atoms with Crippen LogP contribution in [-0.2, 0) is 0 Å². The third-order valence-corrected chi connectivity index (χ3v) is 7.35. The van der Waals surface area contributed by atoms with Crippen molar-refractivity contribution in [2.45, 2.75) is 61.0 Å². The van der Waals surface area contributed by atoms with Gasteiger partial charge in [0.05, 0.1) is 0 Å². The number of halogens is 2. The zero-order valence-electron chi connectivity index (χ0n) is 8.57. The minimum atomic E-state index is 0.710. The monoisotopic (exact) mass is 320 g/mol. The Morgan fingerprint density at radius 3 is 1.36 bits per heavy atom. The van der Waals surface area contributed by atoms with Crippen LogP contribution >= 0.6 is 31.9 Å². The van der Waals surface area contributed by atoms with Gasteiger partial charge in [0.2, 0.25) is 0 Å². The van der Waals surface area contributed by atoms with Crippen molar-refractivity contribution in [3.63, 3.8) is 0 Å². The molecule has 3 rings (SSSR count). The first-order valence-corrected chi connectivity index (χ1v) is 7.83. The van der Waals surface area contributed by atoms with Crippen LogP contribution in [0.2, 0.25) is 0 Å². The maximum atomic E-state index is 3.88. The molecule has 0 saturated heterocycles. The summed E-state index contributed by atoms with van der Waals surface area (Å²) in [4.78, 5) is 1.69. The fraction of sp³-hybridized carbons (Fsp3) is 1.00. The van der Waals surface area contributed by atoms with E-state index < -0.39 is 0 Å². The Morgan fingerprint density at radius 1 is 0.714 bits per heavy atom. The molecule has 2 heteroatoms. The number of fused-ring (bicyclic) bond motifs is 1. The second-order valence-electron chi connectivity index (χ2n) is 5.57. The minimum Gasteiger partial charge on any atom is -0.0884 e. The Morgan fingerprint density at radius 2 is 1.07 bits per heavy atom. The SMILES string of the molecule is BrC1CC12CCCCCCC21CC1Br. The van der Waals surface area contributed by atoms with E-state index in [0.717, 1.165) is 9.65 Å². The third kappa shape index (κ3) is 1.22. The van der Waals surface area contributed by atoms with E-state index in [-0.39, 0.29) is 0 Å².